The fourth-order valence-corrected chi connectivity index (χ4v) is 3.11. The third kappa shape index (κ3) is 2.73. The summed E-state index contributed by atoms with van der Waals surface area (Å²) < 4.78 is 0. The van der Waals surface area contributed by atoms with Gasteiger partial charge in [0.05, 0.1) is 0 Å². The highest BCUT2D eigenvalue weighted by molar-refractivity contribution is 4.90. The van der Waals surface area contributed by atoms with Crippen molar-refractivity contribution in [3.63, 3.8) is 0 Å². The first-order valence-electron chi connectivity index (χ1n) is 6.70. The highest BCUT2D eigenvalue weighted by atomic mass is 15.2. The van der Waals surface area contributed by atoms with E-state index in [4.69, 9.17) is 0 Å². The number of nitrogens with zero attached hydrogens (tertiary/aromatic N) is 1. The number of hydrogen-bond donors (Lipinski definition) is 1. The van der Waals surface area contributed by atoms with Crippen molar-refractivity contribution in [2.75, 3.05) is 26.2 Å². The van der Waals surface area contributed by atoms with E-state index in [9.17, 15) is 0 Å². The average Bonchev–Trinajstić information content (AvgIpc) is 2.36. The molecule has 1 aliphatic heterocycles. The fraction of sp³-hybridized carbons (Fsp3) is 1.00. The number of rotatable bonds is 3. The second-order valence-electron chi connectivity index (χ2n) is 5.65. The maximum atomic E-state index is 3.57. The molecule has 2 nitrogen and oxygen atoms in total. The van der Waals surface area contributed by atoms with Crippen LogP contribution in [0.5, 0.6) is 0 Å². The van der Waals surface area contributed by atoms with E-state index in [2.05, 4.69) is 24.1 Å². The van der Waals surface area contributed by atoms with Crippen LogP contribution in [-0.2, 0) is 0 Å². The van der Waals surface area contributed by atoms with Crippen molar-refractivity contribution in [2.24, 2.45) is 5.41 Å². The van der Waals surface area contributed by atoms with Crippen LogP contribution in [0, 0.1) is 5.41 Å². The number of nitrogens with one attached hydrogen (secondary N) is 1. The van der Waals surface area contributed by atoms with E-state index >= 15 is 0 Å². The van der Waals surface area contributed by atoms with Crippen LogP contribution < -0.4 is 5.32 Å². The van der Waals surface area contributed by atoms with Crippen LogP contribution in [0.2, 0.25) is 0 Å². The lowest BCUT2D eigenvalue weighted by molar-refractivity contribution is 0.0621. The van der Waals surface area contributed by atoms with Crippen LogP contribution in [0.15, 0.2) is 0 Å². The average molecular weight is 210 g/mol. The fourth-order valence-electron chi connectivity index (χ4n) is 3.11. The van der Waals surface area contributed by atoms with Crippen molar-refractivity contribution in [1.82, 2.24) is 10.2 Å². The number of hydrogen-bond acceptors (Lipinski definition) is 2. The second kappa shape index (κ2) is 4.84. The molecule has 1 saturated carbocycles. The Morgan fingerprint density at radius 3 is 2.73 bits per heavy atom. The molecule has 0 aromatic carbocycles. The highest BCUT2D eigenvalue weighted by Crippen LogP contribution is 2.44. The minimum atomic E-state index is 0.682. The van der Waals surface area contributed by atoms with Gasteiger partial charge in [0, 0.05) is 19.1 Å². The van der Waals surface area contributed by atoms with Crippen LogP contribution >= 0.6 is 0 Å². The zero-order valence-corrected chi connectivity index (χ0v) is 10.4. The van der Waals surface area contributed by atoms with Gasteiger partial charge in [-0.2, -0.15) is 0 Å². The van der Waals surface area contributed by atoms with Crippen LogP contribution in [0.25, 0.3) is 0 Å². The van der Waals surface area contributed by atoms with Crippen LogP contribution in [-0.4, -0.2) is 37.1 Å². The molecule has 1 saturated heterocycles. The molecule has 15 heavy (non-hydrogen) atoms. The third-order valence-corrected chi connectivity index (χ3v) is 4.40. The molecule has 1 heterocycles. The molecular formula is C13H26N2. The van der Waals surface area contributed by atoms with E-state index in [1.807, 2.05) is 0 Å². The Labute approximate surface area is 94.4 Å². The zero-order valence-electron chi connectivity index (χ0n) is 10.4. The Morgan fingerprint density at radius 2 is 2.13 bits per heavy atom. The van der Waals surface area contributed by atoms with Gasteiger partial charge in [-0.05, 0) is 51.1 Å². The Balaban J connectivity index is 1.86. The highest BCUT2D eigenvalue weighted by Gasteiger charge is 2.36. The van der Waals surface area contributed by atoms with Crippen molar-refractivity contribution in [3.8, 4) is 0 Å². The van der Waals surface area contributed by atoms with Gasteiger partial charge in [0.15, 0.2) is 0 Å². The molecule has 1 N–H and O–H groups in total. The molecule has 2 rings (SSSR count). The van der Waals surface area contributed by atoms with Gasteiger partial charge in [-0.25, -0.2) is 0 Å². The summed E-state index contributed by atoms with van der Waals surface area (Å²) >= 11 is 0. The Morgan fingerprint density at radius 1 is 1.33 bits per heavy atom. The van der Waals surface area contributed by atoms with E-state index < -0.39 is 0 Å². The van der Waals surface area contributed by atoms with Crippen molar-refractivity contribution < 1.29 is 0 Å². The molecule has 1 unspecified atom stereocenters. The molecule has 2 fully saturated rings. The van der Waals surface area contributed by atoms with Gasteiger partial charge in [-0.15, -0.1) is 0 Å². The SMILES string of the molecule is CCC1(CN2CCCNC(C)C2)CCC1. The normalized spacial score (nSPS) is 32.0. The van der Waals surface area contributed by atoms with Gasteiger partial charge in [0.25, 0.3) is 0 Å². The molecule has 1 atom stereocenters. The lowest BCUT2D eigenvalue weighted by Crippen LogP contribution is -2.44. The maximum Gasteiger partial charge on any atom is 0.0166 e. The monoisotopic (exact) mass is 210 g/mol. The first-order chi connectivity index (χ1) is 7.24. The van der Waals surface area contributed by atoms with E-state index in [1.54, 1.807) is 0 Å². The zero-order chi connectivity index (χ0) is 10.7. The van der Waals surface area contributed by atoms with Gasteiger partial charge in [0.1, 0.15) is 0 Å². The van der Waals surface area contributed by atoms with E-state index in [0.29, 0.717) is 11.5 Å². The first-order valence-corrected chi connectivity index (χ1v) is 6.70. The first kappa shape index (κ1) is 11.4. The summed E-state index contributed by atoms with van der Waals surface area (Å²) in [5.41, 5.74) is 0.698. The largest absolute Gasteiger partial charge is 0.313 e. The summed E-state index contributed by atoms with van der Waals surface area (Å²) in [5, 5.41) is 3.57. The summed E-state index contributed by atoms with van der Waals surface area (Å²) in [7, 11) is 0. The Kier molecular flexibility index (Phi) is 3.68. The van der Waals surface area contributed by atoms with Gasteiger partial charge < -0.3 is 10.2 Å². The summed E-state index contributed by atoms with van der Waals surface area (Å²) in [6, 6.07) is 0.682. The lowest BCUT2D eigenvalue weighted by atomic mass is 9.66. The van der Waals surface area contributed by atoms with Gasteiger partial charge in [-0.1, -0.05) is 13.3 Å². The molecule has 88 valence electrons. The van der Waals surface area contributed by atoms with Gasteiger partial charge >= 0.3 is 0 Å². The summed E-state index contributed by atoms with van der Waals surface area (Å²) in [6.07, 6.45) is 7.12. The molecule has 0 radical (unpaired) electrons. The maximum absolute atomic E-state index is 3.57. The predicted molar refractivity (Wildman–Crippen MR) is 65.1 cm³/mol. The van der Waals surface area contributed by atoms with Crippen molar-refractivity contribution in [3.05, 3.63) is 0 Å². The van der Waals surface area contributed by atoms with Crippen LogP contribution in [0.1, 0.15) is 46.0 Å². The van der Waals surface area contributed by atoms with Crippen molar-refractivity contribution in [1.29, 1.82) is 0 Å². The molecule has 0 spiro atoms. The van der Waals surface area contributed by atoms with Crippen molar-refractivity contribution >= 4 is 0 Å². The second-order valence-corrected chi connectivity index (χ2v) is 5.65. The third-order valence-electron chi connectivity index (χ3n) is 4.40. The summed E-state index contributed by atoms with van der Waals surface area (Å²) in [5.74, 6) is 0. The van der Waals surface area contributed by atoms with E-state index in [-0.39, 0.29) is 0 Å². The molecular weight excluding hydrogens is 184 g/mol. The smallest absolute Gasteiger partial charge is 0.0166 e. The molecule has 0 aromatic rings. The standard InChI is InChI=1S/C13H26N2/c1-3-13(6-4-7-13)11-15-9-5-8-14-12(2)10-15/h12,14H,3-11H2,1-2H3. The Hall–Kier alpha value is -0.0800. The van der Waals surface area contributed by atoms with Crippen LogP contribution in [0.3, 0.4) is 0 Å². The molecule has 0 aromatic heterocycles. The minimum Gasteiger partial charge on any atom is -0.313 e. The summed E-state index contributed by atoms with van der Waals surface area (Å²) in [6.45, 7) is 9.81. The molecule has 1 aliphatic carbocycles. The minimum absolute atomic E-state index is 0.682. The Bertz CT molecular complexity index is 193. The van der Waals surface area contributed by atoms with E-state index in [0.717, 1.165) is 0 Å². The van der Waals surface area contributed by atoms with Crippen LogP contribution in [0.4, 0.5) is 0 Å². The topological polar surface area (TPSA) is 15.3 Å². The molecule has 0 bridgehead atoms. The summed E-state index contributed by atoms with van der Waals surface area (Å²) in [4.78, 5) is 2.70. The molecule has 2 aliphatic rings. The lowest BCUT2D eigenvalue weighted by Gasteiger charge is -2.45. The predicted octanol–water partition coefficient (Wildman–Crippen LogP) is 2.25. The van der Waals surface area contributed by atoms with Gasteiger partial charge in [-0.3, -0.25) is 0 Å². The van der Waals surface area contributed by atoms with Crippen molar-refractivity contribution in [2.45, 2.75) is 52.0 Å². The molecule has 0 amide bonds. The quantitative estimate of drug-likeness (QED) is 0.768. The molecule has 2 heteroatoms. The van der Waals surface area contributed by atoms with E-state index in [1.165, 1.54) is 58.3 Å². The van der Waals surface area contributed by atoms with Gasteiger partial charge in [0.2, 0.25) is 0 Å².